The van der Waals surface area contributed by atoms with Gasteiger partial charge < -0.3 is 9.80 Å². The van der Waals surface area contributed by atoms with E-state index in [0.717, 1.165) is 25.9 Å². The molecular weight excluding hydrogens is 332 g/mol. The second-order valence-electron chi connectivity index (χ2n) is 6.54. The average Bonchev–Trinajstić information content (AvgIpc) is 3.10. The molecule has 1 fully saturated rings. The van der Waals surface area contributed by atoms with Gasteiger partial charge in [-0.1, -0.05) is 36.0 Å². The Balaban J connectivity index is 1.62. The zero-order chi connectivity index (χ0) is 17.6. The van der Waals surface area contributed by atoms with Crippen LogP contribution in [0, 0.1) is 0 Å². The van der Waals surface area contributed by atoms with Crippen LogP contribution in [0.5, 0.6) is 0 Å². The summed E-state index contributed by atoms with van der Waals surface area (Å²) < 4.78 is 0. The summed E-state index contributed by atoms with van der Waals surface area (Å²) in [7, 11) is 4.14. The summed E-state index contributed by atoms with van der Waals surface area (Å²) in [5.41, 5.74) is 2.52. The maximum absolute atomic E-state index is 12.7. The van der Waals surface area contributed by atoms with Gasteiger partial charge in [0.1, 0.15) is 0 Å². The van der Waals surface area contributed by atoms with Gasteiger partial charge in [0.15, 0.2) is 5.16 Å². The van der Waals surface area contributed by atoms with Gasteiger partial charge in [-0.3, -0.25) is 4.79 Å². The van der Waals surface area contributed by atoms with Gasteiger partial charge in [-0.2, -0.15) is 0 Å². The van der Waals surface area contributed by atoms with Crippen molar-refractivity contribution < 1.29 is 4.79 Å². The lowest BCUT2D eigenvalue weighted by Gasteiger charge is -2.25. The molecule has 1 atom stereocenters. The molecule has 3 rings (SSSR count). The highest BCUT2D eigenvalue weighted by atomic mass is 32.2. The van der Waals surface area contributed by atoms with Crippen molar-refractivity contribution in [1.29, 1.82) is 0 Å². The van der Waals surface area contributed by atoms with Gasteiger partial charge in [-0.15, -0.1) is 0 Å². The fraction of sp³-hybridized carbons (Fsp3) is 0.421. The molecule has 0 N–H and O–H groups in total. The van der Waals surface area contributed by atoms with E-state index in [-0.39, 0.29) is 11.9 Å². The first-order valence-corrected chi connectivity index (χ1v) is 9.55. The van der Waals surface area contributed by atoms with Gasteiger partial charge in [-0.05, 0) is 44.1 Å². The van der Waals surface area contributed by atoms with Gasteiger partial charge in [0.05, 0.1) is 11.8 Å². The number of likely N-dealkylation sites (tertiary alicyclic amines) is 1. The van der Waals surface area contributed by atoms with E-state index in [1.807, 2.05) is 4.90 Å². The third kappa shape index (κ3) is 4.80. The molecule has 25 heavy (non-hydrogen) atoms. The molecule has 0 bridgehead atoms. The highest BCUT2D eigenvalue weighted by molar-refractivity contribution is 7.99. The number of hydrogen-bond donors (Lipinski definition) is 0. The number of nitrogens with zero attached hydrogens (tertiary/aromatic N) is 4. The maximum atomic E-state index is 12.7. The van der Waals surface area contributed by atoms with E-state index in [2.05, 4.69) is 53.2 Å². The highest BCUT2D eigenvalue weighted by Crippen LogP contribution is 2.32. The molecular formula is C19H24N4OS. The van der Waals surface area contributed by atoms with E-state index < -0.39 is 0 Å². The summed E-state index contributed by atoms with van der Waals surface area (Å²) in [5, 5.41) is 0.652. The van der Waals surface area contributed by atoms with Crippen LogP contribution in [0.25, 0.3) is 0 Å². The Kier molecular flexibility index (Phi) is 6.04. The molecule has 0 aliphatic carbocycles. The zero-order valence-electron chi connectivity index (χ0n) is 14.8. The SMILES string of the molecule is CN(C)Cc1ccc([C@H]2CCCN2C(=O)CSc2ncccn2)cc1. The Labute approximate surface area is 153 Å². The molecule has 0 spiro atoms. The summed E-state index contributed by atoms with van der Waals surface area (Å²) in [6.07, 6.45) is 5.50. The molecule has 1 aromatic carbocycles. The number of carbonyl (C=O) groups is 1. The minimum atomic E-state index is 0.164. The van der Waals surface area contributed by atoms with Crippen molar-refractivity contribution in [1.82, 2.24) is 19.8 Å². The maximum Gasteiger partial charge on any atom is 0.233 e. The van der Waals surface area contributed by atoms with Crippen molar-refractivity contribution in [3.8, 4) is 0 Å². The molecule has 0 unspecified atom stereocenters. The number of benzene rings is 1. The van der Waals surface area contributed by atoms with Gasteiger partial charge in [-0.25, -0.2) is 9.97 Å². The van der Waals surface area contributed by atoms with Crippen LogP contribution in [0.2, 0.25) is 0 Å². The average molecular weight is 356 g/mol. The van der Waals surface area contributed by atoms with Crippen molar-refractivity contribution in [2.45, 2.75) is 30.6 Å². The number of rotatable bonds is 6. The molecule has 0 saturated carbocycles. The minimum absolute atomic E-state index is 0.164. The number of amides is 1. The first-order valence-electron chi connectivity index (χ1n) is 8.56. The third-order valence-electron chi connectivity index (χ3n) is 4.30. The summed E-state index contributed by atoms with van der Waals surface area (Å²) >= 11 is 1.40. The zero-order valence-corrected chi connectivity index (χ0v) is 15.6. The van der Waals surface area contributed by atoms with Crippen molar-refractivity contribution in [2.24, 2.45) is 0 Å². The Hall–Kier alpha value is -1.92. The van der Waals surface area contributed by atoms with Crippen LogP contribution in [0.3, 0.4) is 0 Å². The second-order valence-corrected chi connectivity index (χ2v) is 7.49. The predicted molar refractivity (Wildman–Crippen MR) is 100 cm³/mol. The molecule has 0 radical (unpaired) electrons. The molecule has 1 aromatic heterocycles. The number of carbonyl (C=O) groups excluding carboxylic acids is 1. The Bertz CT molecular complexity index is 690. The molecule has 132 valence electrons. The summed E-state index contributed by atoms with van der Waals surface area (Å²) in [5.74, 6) is 0.552. The minimum Gasteiger partial charge on any atom is -0.335 e. The van der Waals surface area contributed by atoms with Crippen LogP contribution < -0.4 is 0 Å². The largest absolute Gasteiger partial charge is 0.335 e. The molecule has 1 amide bonds. The van der Waals surface area contributed by atoms with E-state index in [4.69, 9.17) is 0 Å². The smallest absolute Gasteiger partial charge is 0.233 e. The van der Waals surface area contributed by atoms with Gasteiger partial charge in [0.2, 0.25) is 5.91 Å². The number of thioether (sulfide) groups is 1. The topological polar surface area (TPSA) is 49.3 Å². The fourth-order valence-electron chi connectivity index (χ4n) is 3.19. The molecule has 1 aliphatic heterocycles. The molecule has 5 nitrogen and oxygen atoms in total. The molecule has 1 saturated heterocycles. The van der Waals surface area contributed by atoms with E-state index in [0.29, 0.717) is 10.9 Å². The molecule has 6 heteroatoms. The van der Waals surface area contributed by atoms with Crippen LogP contribution >= 0.6 is 11.8 Å². The van der Waals surface area contributed by atoms with Crippen LogP contribution in [0.4, 0.5) is 0 Å². The Morgan fingerprint density at radius 3 is 2.64 bits per heavy atom. The predicted octanol–water partition coefficient (Wildman–Crippen LogP) is 2.99. The first kappa shape index (κ1) is 17.9. The van der Waals surface area contributed by atoms with E-state index in [1.54, 1.807) is 18.5 Å². The highest BCUT2D eigenvalue weighted by Gasteiger charge is 2.29. The summed E-state index contributed by atoms with van der Waals surface area (Å²) in [4.78, 5) is 25.2. The number of aromatic nitrogens is 2. The normalized spacial score (nSPS) is 17.2. The number of hydrogen-bond acceptors (Lipinski definition) is 5. The van der Waals surface area contributed by atoms with E-state index in [1.165, 1.54) is 22.9 Å². The lowest BCUT2D eigenvalue weighted by Crippen LogP contribution is -2.32. The summed E-state index contributed by atoms with van der Waals surface area (Å²) in [6.45, 7) is 1.76. The Morgan fingerprint density at radius 1 is 1.24 bits per heavy atom. The molecule has 2 aromatic rings. The van der Waals surface area contributed by atoms with Gasteiger partial charge in [0, 0.05) is 25.5 Å². The summed E-state index contributed by atoms with van der Waals surface area (Å²) in [6, 6.07) is 10.7. The third-order valence-corrected chi connectivity index (χ3v) is 5.16. The van der Waals surface area contributed by atoms with Crippen LogP contribution in [-0.2, 0) is 11.3 Å². The molecule has 1 aliphatic rings. The van der Waals surface area contributed by atoms with Crippen molar-refractivity contribution >= 4 is 17.7 Å². The fourth-order valence-corrected chi connectivity index (χ4v) is 3.88. The van der Waals surface area contributed by atoms with Crippen molar-refractivity contribution in [3.63, 3.8) is 0 Å². The second kappa shape index (κ2) is 8.45. The van der Waals surface area contributed by atoms with Crippen LogP contribution in [0.1, 0.15) is 30.0 Å². The van der Waals surface area contributed by atoms with Crippen LogP contribution in [-0.4, -0.2) is 52.1 Å². The lowest BCUT2D eigenvalue weighted by atomic mass is 10.0. The van der Waals surface area contributed by atoms with E-state index >= 15 is 0 Å². The quantitative estimate of drug-likeness (QED) is 0.588. The van der Waals surface area contributed by atoms with Crippen LogP contribution in [0.15, 0.2) is 47.9 Å². The Morgan fingerprint density at radius 2 is 1.96 bits per heavy atom. The molecule has 2 heterocycles. The van der Waals surface area contributed by atoms with Gasteiger partial charge >= 0.3 is 0 Å². The lowest BCUT2D eigenvalue weighted by molar-refractivity contribution is -0.129. The first-order chi connectivity index (χ1) is 12.1. The standard InChI is InChI=1S/C19H24N4OS/c1-22(2)13-15-6-8-16(9-7-15)17-5-3-12-23(17)18(24)14-25-19-20-10-4-11-21-19/h4,6-11,17H,3,5,12-14H2,1-2H3/t17-/m1/s1. The van der Waals surface area contributed by atoms with Crippen molar-refractivity contribution in [3.05, 3.63) is 53.9 Å². The van der Waals surface area contributed by atoms with Gasteiger partial charge in [0.25, 0.3) is 0 Å². The van der Waals surface area contributed by atoms with Crippen molar-refractivity contribution in [2.75, 3.05) is 26.4 Å². The van der Waals surface area contributed by atoms with E-state index in [9.17, 15) is 4.79 Å². The monoisotopic (exact) mass is 356 g/mol.